The summed E-state index contributed by atoms with van der Waals surface area (Å²) in [4.78, 5) is 11.5. The molecule has 1 aliphatic carbocycles. The van der Waals surface area contributed by atoms with Gasteiger partial charge in [0.05, 0.1) is 17.7 Å². The van der Waals surface area contributed by atoms with Gasteiger partial charge in [-0.05, 0) is 76.0 Å². The van der Waals surface area contributed by atoms with E-state index in [-0.39, 0.29) is 30.5 Å². The Labute approximate surface area is 195 Å². The van der Waals surface area contributed by atoms with E-state index in [1.54, 1.807) is 0 Å². The van der Waals surface area contributed by atoms with Crippen LogP contribution in [-0.4, -0.2) is 24.7 Å². The van der Waals surface area contributed by atoms with E-state index in [0.29, 0.717) is 18.3 Å². The first-order valence-electron chi connectivity index (χ1n) is 11.7. The standard InChI is InChI=1S/C26H36F3NO3/c1-19(2)33-25(31)14-6-4-3-5-9-20-10-7-11-21(20)15-16-23(30)18-32-24-13-8-12-22(17-24)26(27,28)29/h3,5,8,12-13,15-17,19-21,23H,4,6-7,9-11,14,18,30H2,1-2H3/b5-3-,16-15+/t20-,21?,23+/m0/s1. The van der Waals surface area contributed by atoms with Gasteiger partial charge in [0, 0.05) is 6.42 Å². The zero-order chi connectivity index (χ0) is 24.3. The van der Waals surface area contributed by atoms with Gasteiger partial charge in [0.25, 0.3) is 0 Å². The number of unbranched alkanes of at least 4 members (excludes halogenated alkanes) is 1. The van der Waals surface area contributed by atoms with Crippen LogP contribution in [0.2, 0.25) is 0 Å². The van der Waals surface area contributed by atoms with Crippen LogP contribution in [0.1, 0.15) is 64.4 Å². The van der Waals surface area contributed by atoms with Crippen LogP contribution in [0, 0.1) is 11.8 Å². The summed E-state index contributed by atoms with van der Waals surface area (Å²) in [5.41, 5.74) is 5.36. The van der Waals surface area contributed by atoms with E-state index in [4.69, 9.17) is 15.2 Å². The van der Waals surface area contributed by atoms with Crippen molar-refractivity contribution in [1.82, 2.24) is 0 Å². The molecule has 7 heteroatoms. The predicted molar refractivity (Wildman–Crippen MR) is 124 cm³/mol. The molecule has 0 bridgehead atoms. The Hall–Kier alpha value is -2.28. The van der Waals surface area contributed by atoms with Gasteiger partial charge in [0.1, 0.15) is 12.4 Å². The van der Waals surface area contributed by atoms with E-state index in [0.717, 1.165) is 44.2 Å². The Bertz CT molecular complexity index is 789. The Morgan fingerprint density at radius 2 is 2.03 bits per heavy atom. The highest BCUT2D eigenvalue weighted by Crippen LogP contribution is 2.35. The second-order valence-electron chi connectivity index (χ2n) is 8.88. The van der Waals surface area contributed by atoms with Crippen LogP contribution < -0.4 is 10.5 Å². The van der Waals surface area contributed by atoms with E-state index in [1.807, 2.05) is 19.9 Å². The number of nitrogens with two attached hydrogens (primary N) is 1. The van der Waals surface area contributed by atoms with Crippen molar-refractivity contribution in [1.29, 1.82) is 0 Å². The first-order valence-corrected chi connectivity index (χ1v) is 11.7. The first kappa shape index (κ1) is 27.0. The Balaban J connectivity index is 1.71. The third-order valence-electron chi connectivity index (χ3n) is 5.65. The van der Waals surface area contributed by atoms with Gasteiger partial charge < -0.3 is 15.2 Å². The molecule has 0 amide bonds. The Morgan fingerprint density at radius 1 is 1.24 bits per heavy atom. The first-order chi connectivity index (χ1) is 15.6. The van der Waals surface area contributed by atoms with E-state index in [9.17, 15) is 18.0 Å². The summed E-state index contributed by atoms with van der Waals surface area (Å²) in [5.74, 6) is 1.01. The van der Waals surface area contributed by atoms with Crippen LogP contribution in [0.25, 0.3) is 0 Å². The Morgan fingerprint density at radius 3 is 2.76 bits per heavy atom. The van der Waals surface area contributed by atoms with Crippen molar-refractivity contribution in [3.8, 4) is 5.75 Å². The molecule has 33 heavy (non-hydrogen) atoms. The van der Waals surface area contributed by atoms with Gasteiger partial charge in [-0.1, -0.05) is 36.8 Å². The zero-order valence-electron chi connectivity index (χ0n) is 19.5. The molecule has 0 aromatic heterocycles. The van der Waals surface area contributed by atoms with Crippen LogP contribution in [0.15, 0.2) is 48.6 Å². The third-order valence-corrected chi connectivity index (χ3v) is 5.65. The molecule has 0 aliphatic heterocycles. The lowest BCUT2D eigenvalue weighted by Gasteiger charge is -2.16. The van der Waals surface area contributed by atoms with Crippen LogP contribution in [0.5, 0.6) is 5.75 Å². The minimum Gasteiger partial charge on any atom is -0.492 e. The molecule has 1 aliphatic rings. The molecule has 2 rings (SSSR count). The lowest BCUT2D eigenvalue weighted by atomic mass is 9.92. The highest BCUT2D eigenvalue weighted by Gasteiger charge is 2.30. The summed E-state index contributed by atoms with van der Waals surface area (Å²) >= 11 is 0. The maximum atomic E-state index is 12.8. The fourth-order valence-corrected chi connectivity index (χ4v) is 3.98. The van der Waals surface area contributed by atoms with Gasteiger partial charge in [-0.2, -0.15) is 13.2 Å². The maximum absolute atomic E-state index is 12.8. The molecular formula is C26H36F3NO3. The SMILES string of the molecule is CC(C)OC(=O)CCC/C=C\C[C@H]1CCCC1/C=C/[C@@H](N)COc1cccc(C(F)(F)F)c1. The molecule has 0 spiro atoms. The number of halogens is 3. The predicted octanol–water partition coefficient (Wildman–Crippen LogP) is 6.45. The molecule has 3 atom stereocenters. The topological polar surface area (TPSA) is 61.5 Å². The summed E-state index contributed by atoms with van der Waals surface area (Å²) in [6.45, 7) is 3.81. The van der Waals surface area contributed by atoms with Crippen LogP contribution >= 0.6 is 0 Å². The van der Waals surface area contributed by atoms with Gasteiger partial charge >= 0.3 is 12.1 Å². The summed E-state index contributed by atoms with van der Waals surface area (Å²) < 4.78 is 49.0. The number of hydrogen-bond acceptors (Lipinski definition) is 4. The zero-order valence-corrected chi connectivity index (χ0v) is 19.5. The average molecular weight is 468 g/mol. The number of ether oxygens (including phenoxy) is 2. The van der Waals surface area contributed by atoms with Gasteiger partial charge in [-0.25, -0.2) is 0 Å². The number of carbonyl (C=O) groups is 1. The molecule has 1 aromatic rings. The molecular weight excluding hydrogens is 431 g/mol. The lowest BCUT2D eigenvalue weighted by Crippen LogP contribution is -2.25. The average Bonchev–Trinajstić information content (AvgIpc) is 3.19. The van der Waals surface area contributed by atoms with Gasteiger partial charge in [-0.3, -0.25) is 4.79 Å². The van der Waals surface area contributed by atoms with Crippen LogP contribution in [-0.2, 0) is 15.7 Å². The van der Waals surface area contributed by atoms with E-state index in [1.165, 1.54) is 18.6 Å². The maximum Gasteiger partial charge on any atom is 0.416 e. The number of rotatable bonds is 12. The smallest absolute Gasteiger partial charge is 0.416 e. The highest BCUT2D eigenvalue weighted by molar-refractivity contribution is 5.69. The summed E-state index contributed by atoms with van der Waals surface area (Å²) in [5, 5.41) is 0. The summed E-state index contributed by atoms with van der Waals surface area (Å²) in [6.07, 6.45) is 10.4. The van der Waals surface area contributed by atoms with Crippen molar-refractivity contribution < 1.29 is 27.4 Å². The molecule has 0 saturated heterocycles. The van der Waals surface area contributed by atoms with Crippen LogP contribution in [0.4, 0.5) is 13.2 Å². The minimum absolute atomic E-state index is 0.0688. The highest BCUT2D eigenvalue weighted by atomic mass is 19.4. The second kappa shape index (κ2) is 13.4. The second-order valence-corrected chi connectivity index (χ2v) is 8.88. The van der Waals surface area contributed by atoms with Crippen molar-refractivity contribution in [3.05, 3.63) is 54.1 Å². The quantitative estimate of drug-likeness (QED) is 0.218. The molecule has 1 aromatic carbocycles. The number of carbonyl (C=O) groups excluding carboxylic acids is 1. The van der Waals surface area contributed by atoms with E-state index in [2.05, 4.69) is 18.2 Å². The molecule has 1 fully saturated rings. The molecule has 184 valence electrons. The number of hydrogen-bond donors (Lipinski definition) is 1. The number of alkyl halides is 3. The lowest BCUT2D eigenvalue weighted by molar-refractivity contribution is -0.147. The van der Waals surface area contributed by atoms with Gasteiger partial charge in [0.15, 0.2) is 0 Å². The largest absolute Gasteiger partial charge is 0.492 e. The molecule has 4 nitrogen and oxygen atoms in total. The summed E-state index contributed by atoms with van der Waals surface area (Å²) in [6, 6.07) is 4.44. The molecule has 1 saturated carbocycles. The summed E-state index contributed by atoms with van der Waals surface area (Å²) in [7, 11) is 0. The molecule has 2 N–H and O–H groups in total. The van der Waals surface area contributed by atoms with Crippen molar-refractivity contribution >= 4 is 5.97 Å². The van der Waals surface area contributed by atoms with E-state index < -0.39 is 11.7 Å². The fraction of sp³-hybridized carbons (Fsp3) is 0.577. The van der Waals surface area contributed by atoms with Crippen molar-refractivity contribution in [3.63, 3.8) is 0 Å². The van der Waals surface area contributed by atoms with Crippen molar-refractivity contribution in [2.45, 2.75) is 77.1 Å². The number of benzene rings is 1. The van der Waals surface area contributed by atoms with Crippen molar-refractivity contribution in [2.24, 2.45) is 17.6 Å². The monoisotopic (exact) mass is 467 g/mol. The fourth-order valence-electron chi connectivity index (χ4n) is 3.98. The Kier molecular flexibility index (Phi) is 11.0. The van der Waals surface area contributed by atoms with Crippen LogP contribution in [0.3, 0.4) is 0 Å². The van der Waals surface area contributed by atoms with Gasteiger partial charge in [0.2, 0.25) is 0 Å². The molecule has 0 heterocycles. The number of allylic oxidation sites excluding steroid dienone is 3. The van der Waals surface area contributed by atoms with Crippen molar-refractivity contribution in [2.75, 3.05) is 6.61 Å². The molecule has 0 radical (unpaired) electrons. The third kappa shape index (κ3) is 10.5. The van der Waals surface area contributed by atoms with Gasteiger partial charge in [-0.15, -0.1) is 0 Å². The normalized spacial score (nSPS) is 20.1. The van der Waals surface area contributed by atoms with E-state index >= 15 is 0 Å². The molecule has 1 unspecified atom stereocenters. The number of esters is 1. The minimum atomic E-state index is -4.40.